The Hall–Kier alpha value is -3.01. The molecule has 1 unspecified atom stereocenters. The highest BCUT2D eigenvalue weighted by molar-refractivity contribution is 8.00. The molecule has 1 amide bonds. The van der Waals surface area contributed by atoms with E-state index in [1.807, 2.05) is 0 Å². The van der Waals surface area contributed by atoms with E-state index in [2.05, 4.69) is 25.3 Å². The predicted octanol–water partition coefficient (Wildman–Crippen LogP) is 2.38. The molecule has 0 aliphatic carbocycles. The fourth-order valence-corrected chi connectivity index (χ4v) is 2.84. The number of rotatable bonds is 5. The number of non-ortho nitro benzene ring substituents is 1. The van der Waals surface area contributed by atoms with Crippen LogP contribution in [0, 0.1) is 10.1 Å². The molecular weight excluding hydrogens is 332 g/mol. The molecule has 9 nitrogen and oxygen atoms in total. The van der Waals surface area contributed by atoms with Crippen molar-refractivity contribution in [3.63, 3.8) is 0 Å². The molecule has 0 aliphatic heterocycles. The molecule has 24 heavy (non-hydrogen) atoms. The Balaban J connectivity index is 1.68. The van der Waals surface area contributed by atoms with Crippen LogP contribution in [-0.4, -0.2) is 36.0 Å². The highest BCUT2D eigenvalue weighted by atomic mass is 32.2. The summed E-state index contributed by atoms with van der Waals surface area (Å²) in [6.07, 6.45) is 2.91. The largest absolute Gasteiger partial charge is 0.341 e. The second-order valence-electron chi connectivity index (χ2n) is 4.83. The van der Waals surface area contributed by atoms with E-state index < -0.39 is 10.2 Å². The fraction of sp³-hybridized carbons (Fsp3) is 0.143. The van der Waals surface area contributed by atoms with E-state index in [0.717, 1.165) is 0 Å². The second kappa shape index (κ2) is 6.62. The molecule has 0 fully saturated rings. The van der Waals surface area contributed by atoms with Gasteiger partial charge in [-0.3, -0.25) is 14.9 Å². The van der Waals surface area contributed by atoms with Crippen LogP contribution in [0.15, 0.2) is 41.9 Å². The van der Waals surface area contributed by atoms with Crippen molar-refractivity contribution in [2.45, 2.75) is 17.2 Å². The van der Waals surface area contributed by atoms with Gasteiger partial charge in [0.15, 0.2) is 5.65 Å². The Morgan fingerprint density at radius 1 is 1.29 bits per heavy atom. The van der Waals surface area contributed by atoms with Crippen LogP contribution in [0.25, 0.3) is 11.2 Å². The van der Waals surface area contributed by atoms with Crippen LogP contribution in [0.5, 0.6) is 0 Å². The third-order valence-corrected chi connectivity index (χ3v) is 4.29. The van der Waals surface area contributed by atoms with E-state index in [1.165, 1.54) is 48.7 Å². The van der Waals surface area contributed by atoms with Crippen molar-refractivity contribution in [2.75, 3.05) is 5.32 Å². The van der Waals surface area contributed by atoms with Crippen molar-refractivity contribution < 1.29 is 9.72 Å². The van der Waals surface area contributed by atoms with Gasteiger partial charge in [-0.2, -0.15) is 0 Å². The Morgan fingerprint density at radius 2 is 2.04 bits per heavy atom. The number of nitro groups is 1. The average Bonchev–Trinajstić information content (AvgIpc) is 3.05. The van der Waals surface area contributed by atoms with Gasteiger partial charge < -0.3 is 10.3 Å². The summed E-state index contributed by atoms with van der Waals surface area (Å²) in [6, 6.07) is 5.66. The van der Waals surface area contributed by atoms with Gasteiger partial charge in [-0.05, 0) is 19.1 Å². The lowest BCUT2D eigenvalue weighted by molar-refractivity contribution is -0.384. The minimum absolute atomic E-state index is 0.0296. The molecule has 2 aromatic heterocycles. The molecule has 10 heteroatoms. The lowest BCUT2D eigenvalue weighted by atomic mass is 10.3. The summed E-state index contributed by atoms with van der Waals surface area (Å²) in [4.78, 5) is 37.6. The Labute approximate surface area is 140 Å². The first-order valence-electron chi connectivity index (χ1n) is 6.90. The van der Waals surface area contributed by atoms with Gasteiger partial charge in [0.1, 0.15) is 16.9 Å². The van der Waals surface area contributed by atoms with E-state index in [1.54, 1.807) is 6.92 Å². The predicted molar refractivity (Wildman–Crippen MR) is 88.7 cm³/mol. The lowest BCUT2D eigenvalue weighted by Gasteiger charge is -2.11. The van der Waals surface area contributed by atoms with Crippen molar-refractivity contribution in [3.8, 4) is 0 Å². The molecule has 0 bridgehead atoms. The van der Waals surface area contributed by atoms with Crippen molar-refractivity contribution in [3.05, 3.63) is 47.0 Å². The molecule has 122 valence electrons. The van der Waals surface area contributed by atoms with Crippen molar-refractivity contribution in [1.29, 1.82) is 0 Å². The zero-order valence-electron chi connectivity index (χ0n) is 12.5. The molecule has 0 saturated heterocycles. The molecule has 2 N–H and O–H groups in total. The highest BCUT2D eigenvalue weighted by Crippen LogP contribution is 2.27. The number of H-pyrrole nitrogens is 1. The van der Waals surface area contributed by atoms with Crippen LogP contribution in [0.2, 0.25) is 0 Å². The average molecular weight is 344 g/mol. The van der Waals surface area contributed by atoms with Gasteiger partial charge in [0.2, 0.25) is 5.91 Å². The third-order valence-electron chi connectivity index (χ3n) is 3.19. The van der Waals surface area contributed by atoms with E-state index in [0.29, 0.717) is 21.9 Å². The Morgan fingerprint density at radius 3 is 2.75 bits per heavy atom. The first kappa shape index (κ1) is 15.9. The minimum atomic E-state index is -0.491. The summed E-state index contributed by atoms with van der Waals surface area (Å²) in [5.74, 6) is -0.236. The number of hydrogen-bond acceptors (Lipinski definition) is 7. The summed E-state index contributed by atoms with van der Waals surface area (Å²) >= 11 is 1.27. The van der Waals surface area contributed by atoms with E-state index >= 15 is 0 Å². The number of carbonyl (C=O) groups is 1. The van der Waals surface area contributed by atoms with Gasteiger partial charge in [0, 0.05) is 17.8 Å². The number of nitro benzene ring substituents is 1. The molecule has 2 heterocycles. The second-order valence-corrected chi connectivity index (χ2v) is 6.16. The van der Waals surface area contributed by atoms with Crippen molar-refractivity contribution in [1.82, 2.24) is 19.9 Å². The number of aromatic amines is 1. The number of anilines is 1. The zero-order chi connectivity index (χ0) is 17.1. The molecule has 1 atom stereocenters. The van der Waals surface area contributed by atoms with Crippen LogP contribution in [0.1, 0.15) is 6.92 Å². The van der Waals surface area contributed by atoms with Crippen LogP contribution in [0.3, 0.4) is 0 Å². The lowest BCUT2D eigenvalue weighted by Crippen LogP contribution is -2.22. The number of thioether (sulfide) groups is 1. The first-order valence-corrected chi connectivity index (χ1v) is 7.78. The van der Waals surface area contributed by atoms with E-state index in [9.17, 15) is 14.9 Å². The number of imidazole rings is 1. The maximum Gasteiger partial charge on any atom is 0.269 e. The molecule has 1 aromatic carbocycles. The van der Waals surface area contributed by atoms with Crippen molar-refractivity contribution >= 4 is 40.2 Å². The number of aromatic nitrogens is 4. The number of nitrogens with zero attached hydrogens (tertiary/aromatic N) is 4. The van der Waals surface area contributed by atoms with Crippen LogP contribution in [0.4, 0.5) is 11.4 Å². The standard InChI is InChI=1S/C14H12N6O3S/c1-8(24-14-11-12(16-6-15-11)17-7-18-14)13(21)19-9-2-4-10(5-3-9)20(22)23/h2-8H,1H3,(H,19,21)(H,15,16,17,18). The third kappa shape index (κ3) is 3.33. The molecule has 0 aliphatic rings. The molecule has 3 aromatic rings. The van der Waals surface area contributed by atoms with Gasteiger partial charge >= 0.3 is 0 Å². The smallest absolute Gasteiger partial charge is 0.269 e. The maximum absolute atomic E-state index is 12.3. The molecule has 3 rings (SSSR count). The SMILES string of the molecule is CC(Sc1ncnc2nc[nH]c12)C(=O)Nc1ccc([N+](=O)[O-])cc1. The number of fused-ring (bicyclic) bond motifs is 1. The Bertz CT molecular complexity index is 895. The van der Waals surface area contributed by atoms with E-state index in [4.69, 9.17) is 0 Å². The summed E-state index contributed by atoms with van der Waals surface area (Å²) in [7, 11) is 0. The summed E-state index contributed by atoms with van der Waals surface area (Å²) in [5, 5.41) is 13.5. The number of nitrogens with one attached hydrogen (secondary N) is 2. The molecular formula is C14H12N6O3S. The van der Waals surface area contributed by atoms with Crippen LogP contribution in [-0.2, 0) is 4.79 Å². The molecule has 0 radical (unpaired) electrons. The zero-order valence-corrected chi connectivity index (χ0v) is 13.3. The van der Waals surface area contributed by atoms with Gasteiger partial charge in [0.05, 0.1) is 16.5 Å². The van der Waals surface area contributed by atoms with Gasteiger partial charge in [-0.15, -0.1) is 0 Å². The topological polar surface area (TPSA) is 127 Å². The van der Waals surface area contributed by atoms with Gasteiger partial charge in [0.25, 0.3) is 5.69 Å². The first-order chi connectivity index (χ1) is 11.5. The van der Waals surface area contributed by atoms with Crippen LogP contribution < -0.4 is 5.32 Å². The number of benzene rings is 1. The summed E-state index contributed by atoms with van der Waals surface area (Å²) in [6.45, 7) is 1.75. The number of hydrogen-bond donors (Lipinski definition) is 2. The van der Waals surface area contributed by atoms with E-state index in [-0.39, 0.29) is 11.6 Å². The van der Waals surface area contributed by atoms with Gasteiger partial charge in [-0.25, -0.2) is 15.0 Å². The summed E-state index contributed by atoms with van der Waals surface area (Å²) < 4.78 is 0. The Kier molecular flexibility index (Phi) is 4.38. The normalized spacial score (nSPS) is 12.0. The van der Waals surface area contributed by atoms with Gasteiger partial charge in [-0.1, -0.05) is 11.8 Å². The van der Waals surface area contributed by atoms with Crippen molar-refractivity contribution in [2.24, 2.45) is 0 Å². The molecule has 0 saturated carbocycles. The monoisotopic (exact) mass is 344 g/mol. The number of amides is 1. The van der Waals surface area contributed by atoms with Crippen LogP contribution >= 0.6 is 11.8 Å². The minimum Gasteiger partial charge on any atom is -0.341 e. The maximum atomic E-state index is 12.3. The molecule has 0 spiro atoms. The fourth-order valence-electron chi connectivity index (χ4n) is 1.96. The summed E-state index contributed by atoms with van der Waals surface area (Å²) in [5.41, 5.74) is 1.68. The number of carbonyl (C=O) groups excluding carboxylic acids is 1. The highest BCUT2D eigenvalue weighted by Gasteiger charge is 2.18. The quantitative estimate of drug-likeness (QED) is 0.315.